The predicted molar refractivity (Wildman–Crippen MR) is 71.2 cm³/mol. The first-order valence-corrected chi connectivity index (χ1v) is 7.06. The minimum atomic E-state index is -0.206. The molecule has 17 heavy (non-hydrogen) atoms. The van der Waals surface area contributed by atoms with E-state index in [2.05, 4.69) is 23.7 Å². The summed E-state index contributed by atoms with van der Waals surface area (Å²) < 4.78 is 5.06. The van der Waals surface area contributed by atoms with Crippen molar-refractivity contribution in [2.45, 2.75) is 45.7 Å². The maximum atomic E-state index is 11.7. The molecule has 0 spiro atoms. The van der Waals surface area contributed by atoms with Gasteiger partial charge in [-0.05, 0) is 31.2 Å². The van der Waals surface area contributed by atoms with Crippen LogP contribution in [-0.2, 0) is 9.53 Å². The third-order valence-corrected chi connectivity index (χ3v) is 3.66. The van der Waals surface area contributed by atoms with Gasteiger partial charge in [0.2, 0.25) is 0 Å². The summed E-state index contributed by atoms with van der Waals surface area (Å²) in [6.45, 7) is 6.39. The van der Waals surface area contributed by atoms with Gasteiger partial charge in [-0.1, -0.05) is 19.9 Å². The fraction of sp³-hybridized carbons (Fsp3) is 0.615. The third kappa shape index (κ3) is 4.13. The van der Waals surface area contributed by atoms with Gasteiger partial charge in [-0.3, -0.25) is 10.1 Å². The molecule has 96 valence electrons. The molecular weight excluding hydrogens is 234 g/mol. The molecule has 2 unspecified atom stereocenters. The number of hydrogen-bond donors (Lipinski definition) is 1. The van der Waals surface area contributed by atoms with Crippen LogP contribution in [0.1, 0.15) is 44.5 Å². The molecule has 1 N–H and O–H groups in total. The van der Waals surface area contributed by atoms with Gasteiger partial charge in [-0.2, -0.15) is 0 Å². The summed E-state index contributed by atoms with van der Waals surface area (Å²) in [5.41, 5.74) is 0. The predicted octanol–water partition coefficient (Wildman–Crippen LogP) is 3.13. The highest BCUT2D eigenvalue weighted by atomic mass is 32.1. The molecule has 0 bridgehead atoms. The van der Waals surface area contributed by atoms with Gasteiger partial charge in [0.05, 0.1) is 6.61 Å². The topological polar surface area (TPSA) is 38.3 Å². The first-order chi connectivity index (χ1) is 8.22. The summed E-state index contributed by atoms with van der Waals surface area (Å²) in [5.74, 6) is -0.148. The highest BCUT2D eigenvalue weighted by Gasteiger charge is 2.21. The van der Waals surface area contributed by atoms with Crippen molar-refractivity contribution in [3.63, 3.8) is 0 Å². The summed E-state index contributed by atoms with van der Waals surface area (Å²) in [5, 5.41) is 5.44. The second kappa shape index (κ2) is 7.45. The van der Waals surface area contributed by atoms with Crippen molar-refractivity contribution in [3.8, 4) is 0 Å². The van der Waals surface area contributed by atoms with Crippen LogP contribution in [0.3, 0.4) is 0 Å². The number of carbonyl (C=O) groups is 1. The number of thiophene rings is 1. The average molecular weight is 255 g/mol. The van der Waals surface area contributed by atoms with E-state index in [0.717, 1.165) is 12.8 Å². The SMILES string of the molecule is CCOC(=O)C(CC)NC(CC)c1cccs1. The number of hydrogen-bond acceptors (Lipinski definition) is 4. The lowest BCUT2D eigenvalue weighted by molar-refractivity contribution is -0.146. The lowest BCUT2D eigenvalue weighted by Gasteiger charge is -2.22. The quantitative estimate of drug-likeness (QED) is 0.761. The van der Waals surface area contributed by atoms with Gasteiger partial charge >= 0.3 is 5.97 Å². The molecule has 0 saturated carbocycles. The Kier molecular flexibility index (Phi) is 6.22. The van der Waals surface area contributed by atoms with Crippen LogP contribution in [0.2, 0.25) is 0 Å². The number of nitrogens with one attached hydrogen (secondary N) is 1. The Hall–Kier alpha value is -0.870. The Balaban J connectivity index is 2.62. The molecule has 0 aliphatic heterocycles. The molecule has 4 heteroatoms. The first kappa shape index (κ1) is 14.2. The van der Waals surface area contributed by atoms with Crippen molar-refractivity contribution in [1.29, 1.82) is 0 Å². The van der Waals surface area contributed by atoms with Crippen LogP contribution in [-0.4, -0.2) is 18.6 Å². The van der Waals surface area contributed by atoms with Crippen LogP contribution in [0.15, 0.2) is 17.5 Å². The average Bonchev–Trinajstić information content (AvgIpc) is 2.84. The van der Waals surface area contributed by atoms with Gasteiger partial charge in [-0.15, -0.1) is 11.3 Å². The minimum Gasteiger partial charge on any atom is -0.465 e. The Morgan fingerprint density at radius 2 is 2.18 bits per heavy atom. The molecule has 1 heterocycles. The maximum absolute atomic E-state index is 11.7. The van der Waals surface area contributed by atoms with Crippen molar-refractivity contribution in [3.05, 3.63) is 22.4 Å². The molecule has 0 radical (unpaired) electrons. The molecule has 0 aliphatic carbocycles. The second-order valence-electron chi connectivity index (χ2n) is 3.86. The highest BCUT2D eigenvalue weighted by molar-refractivity contribution is 7.10. The van der Waals surface area contributed by atoms with Gasteiger partial charge < -0.3 is 4.74 Å². The van der Waals surface area contributed by atoms with Gasteiger partial charge in [0, 0.05) is 10.9 Å². The van der Waals surface area contributed by atoms with E-state index in [0.29, 0.717) is 6.61 Å². The summed E-state index contributed by atoms with van der Waals surface area (Å²) in [6.07, 6.45) is 1.72. The molecule has 0 fully saturated rings. The summed E-state index contributed by atoms with van der Waals surface area (Å²) >= 11 is 1.72. The van der Waals surface area contributed by atoms with E-state index < -0.39 is 0 Å². The summed E-state index contributed by atoms with van der Waals surface area (Å²) in [7, 11) is 0. The summed E-state index contributed by atoms with van der Waals surface area (Å²) in [6, 6.07) is 4.17. The van der Waals surface area contributed by atoms with Crippen LogP contribution in [0.25, 0.3) is 0 Å². The van der Waals surface area contributed by atoms with Crippen LogP contribution < -0.4 is 5.32 Å². The van der Waals surface area contributed by atoms with Crippen LogP contribution >= 0.6 is 11.3 Å². The Bertz CT molecular complexity index is 324. The zero-order valence-corrected chi connectivity index (χ0v) is 11.5. The Morgan fingerprint density at radius 1 is 1.41 bits per heavy atom. The van der Waals surface area contributed by atoms with Crippen molar-refractivity contribution in [1.82, 2.24) is 5.32 Å². The Morgan fingerprint density at radius 3 is 2.65 bits per heavy atom. The van der Waals surface area contributed by atoms with Crippen LogP contribution in [0.4, 0.5) is 0 Å². The van der Waals surface area contributed by atoms with E-state index in [1.807, 2.05) is 19.9 Å². The van der Waals surface area contributed by atoms with Gasteiger partial charge in [-0.25, -0.2) is 0 Å². The smallest absolute Gasteiger partial charge is 0.323 e. The second-order valence-corrected chi connectivity index (χ2v) is 4.84. The van der Waals surface area contributed by atoms with E-state index in [1.165, 1.54) is 4.88 Å². The lowest BCUT2D eigenvalue weighted by atomic mass is 10.1. The van der Waals surface area contributed by atoms with Crippen molar-refractivity contribution >= 4 is 17.3 Å². The number of rotatable bonds is 7. The van der Waals surface area contributed by atoms with Crippen LogP contribution in [0, 0.1) is 0 Å². The summed E-state index contributed by atoms with van der Waals surface area (Å²) in [4.78, 5) is 13.0. The van der Waals surface area contributed by atoms with E-state index in [4.69, 9.17) is 4.74 Å². The Labute approximate surface area is 107 Å². The molecule has 1 rings (SSSR count). The van der Waals surface area contributed by atoms with Gasteiger partial charge in [0.25, 0.3) is 0 Å². The highest BCUT2D eigenvalue weighted by Crippen LogP contribution is 2.22. The molecule has 2 atom stereocenters. The molecule has 0 amide bonds. The molecular formula is C13H21NO2S. The molecule has 0 saturated heterocycles. The largest absolute Gasteiger partial charge is 0.465 e. The normalized spacial score (nSPS) is 14.3. The van der Waals surface area contributed by atoms with E-state index in [1.54, 1.807) is 11.3 Å². The lowest BCUT2D eigenvalue weighted by Crippen LogP contribution is -2.39. The monoisotopic (exact) mass is 255 g/mol. The zero-order valence-electron chi connectivity index (χ0n) is 10.7. The maximum Gasteiger partial charge on any atom is 0.323 e. The zero-order chi connectivity index (χ0) is 12.7. The molecule has 0 aromatic carbocycles. The van der Waals surface area contributed by atoms with E-state index >= 15 is 0 Å². The number of esters is 1. The van der Waals surface area contributed by atoms with Crippen molar-refractivity contribution in [2.75, 3.05) is 6.61 Å². The van der Waals surface area contributed by atoms with Gasteiger partial charge in [0.1, 0.15) is 6.04 Å². The standard InChI is InChI=1S/C13H21NO2S/c1-4-10(12-8-7-9-17-12)14-11(5-2)13(15)16-6-3/h7-11,14H,4-6H2,1-3H3. The van der Waals surface area contributed by atoms with E-state index in [9.17, 15) is 4.79 Å². The number of carbonyl (C=O) groups excluding carboxylic acids is 1. The van der Waals surface area contributed by atoms with E-state index in [-0.39, 0.29) is 18.1 Å². The molecule has 1 aromatic rings. The minimum absolute atomic E-state index is 0.148. The molecule has 3 nitrogen and oxygen atoms in total. The molecule has 1 aromatic heterocycles. The fourth-order valence-corrected chi connectivity index (χ4v) is 2.60. The fourth-order valence-electron chi connectivity index (χ4n) is 1.73. The van der Waals surface area contributed by atoms with Crippen molar-refractivity contribution < 1.29 is 9.53 Å². The molecule has 0 aliphatic rings. The first-order valence-electron chi connectivity index (χ1n) is 6.18. The third-order valence-electron chi connectivity index (χ3n) is 2.68. The number of ether oxygens (including phenoxy) is 1. The van der Waals surface area contributed by atoms with Crippen LogP contribution in [0.5, 0.6) is 0 Å². The van der Waals surface area contributed by atoms with Crippen molar-refractivity contribution in [2.24, 2.45) is 0 Å². The van der Waals surface area contributed by atoms with Gasteiger partial charge in [0.15, 0.2) is 0 Å².